The number of ether oxygens (including phenoxy) is 1. The fourth-order valence-corrected chi connectivity index (χ4v) is 12.4. The van der Waals surface area contributed by atoms with Crippen molar-refractivity contribution in [3.63, 3.8) is 0 Å². The predicted molar refractivity (Wildman–Crippen MR) is 370 cm³/mol. The summed E-state index contributed by atoms with van der Waals surface area (Å²) in [5, 5.41) is 23.4. The summed E-state index contributed by atoms with van der Waals surface area (Å²) < 4.78 is 5.51. The van der Waals surface area contributed by atoms with Crippen molar-refractivity contribution in [1.29, 1.82) is 0 Å². The maximum absolute atomic E-state index is 12.6. The predicted octanol–water partition coefficient (Wildman–Crippen LogP) is 25.3. The van der Waals surface area contributed by atoms with Crippen molar-refractivity contribution in [3.8, 4) is 0 Å². The second-order valence-electron chi connectivity index (χ2n) is 26.7. The van der Waals surface area contributed by atoms with Gasteiger partial charge in [-0.15, -0.1) is 0 Å². The Morgan fingerprint density at radius 3 is 0.929 bits per heavy atom. The van der Waals surface area contributed by atoms with Crippen LogP contribution in [0.15, 0.2) is 24.3 Å². The number of carbonyl (C=O) groups excluding carboxylic acids is 2. The lowest BCUT2D eigenvalue weighted by Crippen LogP contribution is -2.45. The molecule has 6 heteroatoms. The van der Waals surface area contributed by atoms with E-state index in [-0.39, 0.29) is 18.5 Å². The third-order valence-corrected chi connectivity index (χ3v) is 18.3. The van der Waals surface area contributed by atoms with Crippen LogP contribution in [0, 0.1) is 0 Å². The van der Waals surface area contributed by atoms with E-state index in [0.29, 0.717) is 25.9 Å². The molecule has 0 fully saturated rings. The molecule has 2 unspecified atom stereocenters. The van der Waals surface area contributed by atoms with Gasteiger partial charge in [-0.1, -0.05) is 391 Å². The van der Waals surface area contributed by atoms with E-state index in [1.807, 2.05) is 0 Å². The maximum Gasteiger partial charge on any atom is 0.305 e. The van der Waals surface area contributed by atoms with E-state index in [1.54, 1.807) is 0 Å². The van der Waals surface area contributed by atoms with Crippen LogP contribution < -0.4 is 5.32 Å². The van der Waals surface area contributed by atoms with Gasteiger partial charge < -0.3 is 20.3 Å². The smallest absolute Gasteiger partial charge is 0.305 e. The second kappa shape index (κ2) is 73.8. The molecule has 0 saturated carbocycles. The fraction of sp³-hybridized carbons (Fsp3) is 0.923. The highest BCUT2D eigenvalue weighted by Crippen LogP contribution is 2.20. The highest BCUT2D eigenvalue weighted by atomic mass is 16.5. The summed E-state index contributed by atoms with van der Waals surface area (Å²) in [6.45, 7) is 4.97. The molecule has 0 aromatic heterocycles. The minimum Gasteiger partial charge on any atom is -0.466 e. The van der Waals surface area contributed by atoms with Crippen LogP contribution in [0.2, 0.25) is 0 Å². The molecular weight excluding hydrogens is 1030 g/mol. The second-order valence-corrected chi connectivity index (χ2v) is 26.7. The highest BCUT2D eigenvalue weighted by Gasteiger charge is 2.20. The molecule has 0 heterocycles. The van der Waals surface area contributed by atoms with Crippen LogP contribution in [-0.2, 0) is 14.3 Å². The quantitative estimate of drug-likeness (QED) is 0.0320. The van der Waals surface area contributed by atoms with Gasteiger partial charge in [-0.3, -0.25) is 9.59 Å². The Hall–Kier alpha value is -1.66. The first-order valence-electron chi connectivity index (χ1n) is 38.6. The van der Waals surface area contributed by atoms with Gasteiger partial charge in [0.1, 0.15) is 0 Å². The van der Waals surface area contributed by atoms with Crippen LogP contribution in [0.4, 0.5) is 0 Å². The molecule has 3 N–H and O–H groups in total. The van der Waals surface area contributed by atoms with Gasteiger partial charge in [0.05, 0.1) is 25.4 Å². The highest BCUT2D eigenvalue weighted by molar-refractivity contribution is 5.76. The topological polar surface area (TPSA) is 95.9 Å². The average Bonchev–Trinajstić information content (AvgIpc) is 3.51. The normalized spacial score (nSPS) is 12.6. The van der Waals surface area contributed by atoms with E-state index in [9.17, 15) is 19.8 Å². The standard InChI is InChI=1S/C78H151NO5/c1-3-5-7-9-11-13-15-17-19-21-22-35-39-42-46-50-54-58-62-66-70-76(81)75(74-80)79-77(82)71-67-63-59-55-51-47-43-40-36-33-31-29-27-25-23-24-26-28-30-32-34-37-41-45-49-53-57-61-65-69-73-84-78(83)72-68-64-60-56-52-48-44-38-20-18-16-14-12-10-8-6-4-2/h12,14,18,20,75-76,80-81H,3-11,13,15-17,19,21-74H2,1-2H3,(H,79,82)/b14-12-,20-18-. The molecular formula is C78H151NO5. The molecule has 0 saturated heterocycles. The molecule has 0 bridgehead atoms. The van der Waals surface area contributed by atoms with E-state index in [4.69, 9.17) is 4.74 Å². The summed E-state index contributed by atoms with van der Waals surface area (Å²) in [5.74, 6) is -0.0129. The van der Waals surface area contributed by atoms with Gasteiger partial charge in [-0.05, 0) is 57.8 Å². The number of rotatable bonds is 73. The number of hydrogen-bond acceptors (Lipinski definition) is 5. The molecule has 1 amide bonds. The minimum atomic E-state index is -0.662. The van der Waals surface area contributed by atoms with Gasteiger partial charge >= 0.3 is 5.97 Å². The Kier molecular flexibility index (Phi) is 72.3. The Morgan fingerprint density at radius 2 is 0.595 bits per heavy atom. The molecule has 0 aliphatic carbocycles. The molecule has 0 aromatic carbocycles. The SMILES string of the molecule is CCCCC/C=C\C/C=C\CCCCCCCCCC(=O)OCCCCCCCCCCCCCCCCCCCCCCCCCCCCCCCCC(=O)NC(CO)C(O)CCCCCCCCCCCCCCCCCCCCCC. The van der Waals surface area contributed by atoms with Crippen LogP contribution in [0.5, 0.6) is 0 Å². The van der Waals surface area contributed by atoms with Crippen LogP contribution in [-0.4, -0.2) is 47.4 Å². The molecule has 0 rings (SSSR count). The number of carbonyl (C=O) groups is 2. The third kappa shape index (κ3) is 69.4. The number of nitrogens with one attached hydrogen (secondary N) is 1. The molecule has 0 aliphatic heterocycles. The zero-order chi connectivity index (χ0) is 60.6. The molecule has 0 aromatic rings. The van der Waals surface area contributed by atoms with Crippen molar-refractivity contribution >= 4 is 11.9 Å². The average molecular weight is 1180 g/mol. The van der Waals surface area contributed by atoms with Gasteiger partial charge in [-0.25, -0.2) is 0 Å². The molecule has 2 atom stereocenters. The number of amides is 1. The van der Waals surface area contributed by atoms with E-state index >= 15 is 0 Å². The van der Waals surface area contributed by atoms with Crippen LogP contribution >= 0.6 is 0 Å². The van der Waals surface area contributed by atoms with Gasteiger partial charge in [0.25, 0.3) is 0 Å². The van der Waals surface area contributed by atoms with Gasteiger partial charge in [0.15, 0.2) is 0 Å². The summed E-state index contributed by atoms with van der Waals surface area (Å²) in [5.41, 5.74) is 0. The first-order valence-corrected chi connectivity index (χ1v) is 38.6. The Labute approximate surface area is 526 Å². The summed E-state index contributed by atoms with van der Waals surface area (Å²) in [6, 6.07) is -0.539. The molecule has 6 nitrogen and oxygen atoms in total. The molecule has 0 spiro atoms. The number of esters is 1. The minimum absolute atomic E-state index is 0.0133. The molecule has 0 radical (unpaired) electrons. The van der Waals surface area contributed by atoms with Crippen LogP contribution in [0.3, 0.4) is 0 Å². The van der Waals surface area contributed by atoms with Crippen molar-refractivity contribution in [2.24, 2.45) is 0 Å². The van der Waals surface area contributed by atoms with E-state index in [2.05, 4.69) is 43.5 Å². The Morgan fingerprint density at radius 1 is 0.333 bits per heavy atom. The van der Waals surface area contributed by atoms with Crippen molar-refractivity contribution < 1.29 is 24.5 Å². The number of unbranched alkanes of at least 4 members (excludes halogenated alkanes) is 58. The van der Waals surface area contributed by atoms with E-state index in [0.717, 1.165) is 51.4 Å². The van der Waals surface area contributed by atoms with Crippen molar-refractivity contribution in [1.82, 2.24) is 5.32 Å². The molecule has 84 heavy (non-hydrogen) atoms. The van der Waals surface area contributed by atoms with Crippen LogP contribution in [0.1, 0.15) is 438 Å². The summed E-state index contributed by atoms with van der Waals surface area (Å²) in [7, 11) is 0. The lowest BCUT2D eigenvalue weighted by Gasteiger charge is -2.22. The first kappa shape index (κ1) is 82.3. The summed E-state index contributed by atoms with van der Waals surface area (Å²) in [6.07, 6.45) is 94.0. The largest absolute Gasteiger partial charge is 0.466 e. The van der Waals surface area contributed by atoms with Crippen molar-refractivity contribution in [2.75, 3.05) is 13.2 Å². The Bertz CT molecular complexity index is 1320. The van der Waals surface area contributed by atoms with E-state index in [1.165, 1.54) is 353 Å². The zero-order valence-corrected chi connectivity index (χ0v) is 57.2. The van der Waals surface area contributed by atoms with Crippen LogP contribution in [0.25, 0.3) is 0 Å². The fourth-order valence-electron chi connectivity index (χ4n) is 12.4. The van der Waals surface area contributed by atoms with Crippen molar-refractivity contribution in [3.05, 3.63) is 24.3 Å². The van der Waals surface area contributed by atoms with Gasteiger partial charge in [-0.2, -0.15) is 0 Å². The molecule has 498 valence electrons. The van der Waals surface area contributed by atoms with Crippen molar-refractivity contribution in [2.45, 2.75) is 450 Å². The van der Waals surface area contributed by atoms with Gasteiger partial charge in [0.2, 0.25) is 5.91 Å². The number of aliphatic hydroxyl groups is 2. The summed E-state index contributed by atoms with van der Waals surface area (Å²) >= 11 is 0. The lowest BCUT2D eigenvalue weighted by atomic mass is 10.0. The zero-order valence-electron chi connectivity index (χ0n) is 57.2. The number of aliphatic hydroxyl groups excluding tert-OH is 2. The van der Waals surface area contributed by atoms with E-state index < -0.39 is 12.1 Å². The van der Waals surface area contributed by atoms with Gasteiger partial charge in [0, 0.05) is 12.8 Å². The maximum atomic E-state index is 12.6. The number of hydrogen-bond donors (Lipinski definition) is 3. The lowest BCUT2D eigenvalue weighted by molar-refractivity contribution is -0.143. The summed E-state index contributed by atoms with van der Waals surface area (Å²) in [4.78, 5) is 24.7. The first-order chi connectivity index (χ1) is 41.5. The third-order valence-electron chi connectivity index (χ3n) is 18.3. The monoisotopic (exact) mass is 1180 g/mol. The Balaban J connectivity index is 3.33. The molecule has 0 aliphatic rings. The number of allylic oxidation sites excluding steroid dienone is 4.